The minimum absolute atomic E-state index is 0.376. The Bertz CT molecular complexity index is 616. The molecule has 3 heteroatoms. The van der Waals surface area contributed by atoms with Gasteiger partial charge in [0, 0.05) is 37.6 Å². The highest BCUT2D eigenvalue weighted by atomic mass is 35.5. The van der Waals surface area contributed by atoms with Gasteiger partial charge < -0.3 is 5.32 Å². The van der Waals surface area contributed by atoms with Gasteiger partial charge in [-0.1, -0.05) is 60.7 Å². The minimum Gasteiger partial charge on any atom is -0.306 e. The highest BCUT2D eigenvalue weighted by Crippen LogP contribution is 2.26. The number of halogens is 1. The Balaban J connectivity index is 1.63. The molecular formula is C22H29ClN2. The number of hydrogen-bond donors (Lipinski definition) is 1. The van der Waals surface area contributed by atoms with Gasteiger partial charge in [0.1, 0.15) is 0 Å². The van der Waals surface area contributed by atoms with Crippen molar-refractivity contribution in [3.8, 4) is 0 Å². The van der Waals surface area contributed by atoms with E-state index in [9.17, 15) is 0 Å². The van der Waals surface area contributed by atoms with Gasteiger partial charge in [0.25, 0.3) is 0 Å². The minimum atomic E-state index is 0.376. The largest absolute Gasteiger partial charge is 0.306 e. The number of hydrogen-bond acceptors (Lipinski definition) is 2. The van der Waals surface area contributed by atoms with Crippen molar-refractivity contribution in [2.45, 2.75) is 38.4 Å². The van der Waals surface area contributed by atoms with Gasteiger partial charge in [-0.15, -0.1) is 11.6 Å². The molecule has 1 aliphatic heterocycles. The van der Waals surface area contributed by atoms with Gasteiger partial charge >= 0.3 is 0 Å². The number of rotatable bonds is 8. The van der Waals surface area contributed by atoms with Crippen molar-refractivity contribution < 1.29 is 0 Å². The molecule has 0 radical (unpaired) electrons. The van der Waals surface area contributed by atoms with Crippen LogP contribution in [0.5, 0.6) is 0 Å². The smallest absolute Gasteiger partial charge is 0.0295 e. The number of nitrogens with zero attached hydrogens (tertiary/aromatic N) is 1. The molecule has 1 aliphatic rings. The highest BCUT2D eigenvalue weighted by Gasteiger charge is 2.32. The molecule has 0 aliphatic carbocycles. The summed E-state index contributed by atoms with van der Waals surface area (Å²) in [5, 5.41) is 3.89. The van der Waals surface area contributed by atoms with Crippen LogP contribution in [0.2, 0.25) is 0 Å². The molecule has 1 N–H and O–H groups in total. The summed E-state index contributed by atoms with van der Waals surface area (Å²) >= 11 is 5.96. The van der Waals surface area contributed by atoms with Gasteiger partial charge in [-0.3, -0.25) is 4.90 Å². The van der Waals surface area contributed by atoms with Crippen molar-refractivity contribution in [1.82, 2.24) is 10.2 Å². The van der Waals surface area contributed by atoms with Crippen LogP contribution < -0.4 is 5.32 Å². The lowest BCUT2D eigenvalue weighted by Crippen LogP contribution is -2.38. The van der Waals surface area contributed by atoms with Gasteiger partial charge in [0.05, 0.1) is 0 Å². The van der Waals surface area contributed by atoms with Gasteiger partial charge in [0.15, 0.2) is 0 Å². The summed E-state index contributed by atoms with van der Waals surface area (Å²) in [6.07, 6.45) is 2.30. The van der Waals surface area contributed by atoms with Gasteiger partial charge in [-0.05, 0) is 36.8 Å². The van der Waals surface area contributed by atoms with E-state index in [2.05, 4.69) is 77.8 Å². The van der Waals surface area contributed by atoms with E-state index in [0.29, 0.717) is 18.0 Å². The van der Waals surface area contributed by atoms with Crippen LogP contribution in [0.4, 0.5) is 0 Å². The molecule has 0 spiro atoms. The molecule has 0 amide bonds. The zero-order chi connectivity index (χ0) is 17.5. The molecule has 0 aromatic heterocycles. The number of alkyl halides is 1. The van der Waals surface area contributed by atoms with Crippen molar-refractivity contribution in [2.75, 3.05) is 19.0 Å². The van der Waals surface area contributed by atoms with E-state index in [4.69, 9.17) is 11.6 Å². The first-order valence-electron chi connectivity index (χ1n) is 9.39. The van der Waals surface area contributed by atoms with Crippen molar-refractivity contribution in [3.63, 3.8) is 0 Å². The topological polar surface area (TPSA) is 15.3 Å². The molecule has 2 nitrogen and oxygen atoms in total. The lowest BCUT2D eigenvalue weighted by atomic mass is 9.96. The average molecular weight is 357 g/mol. The standard InChI is InChI=1S/C22H29ClN2/c1-18(20-11-6-3-7-12-20)24-22-17-25(16-21(22)13-8-14-23)15-19-9-4-2-5-10-19/h2-7,9-12,18,21-22,24H,8,13-17H2,1H3/t18-,21+,22-/m1/s1. The van der Waals surface area contributed by atoms with E-state index in [0.717, 1.165) is 31.9 Å². The van der Waals surface area contributed by atoms with Crippen LogP contribution in [0.15, 0.2) is 60.7 Å². The zero-order valence-corrected chi connectivity index (χ0v) is 15.8. The van der Waals surface area contributed by atoms with Gasteiger partial charge in [-0.25, -0.2) is 0 Å². The van der Waals surface area contributed by atoms with E-state index < -0.39 is 0 Å². The number of benzene rings is 2. The van der Waals surface area contributed by atoms with Crippen LogP contribution in [-0.2, 0) is 6.54 Å². The van der Waals surface area contributed by atoms with Gasteiger partial charge in [-0.2, -0.15) is 0 Å². The second-order valence-corrected chi connectivity index (χ2v) is 7.55. The molecular weight excluding hydrogens is 328 g/mol. The Morgan fingerprint density at radius 1 is 1.04 bits per heavy atom. The Hall–Kier alpha value is -1.35. The molecule has 1 fully saturated rings. The SMILES string of the molecule is C[C@@H](N[C@@H]1CN(Cc2ccccc2)C[C@@H]1CCCCl)c1ccccc1. The van der Waals surface area contributed by atoms with Crippen LogP contribution in [0.1, 0.15) is 36.9 Å². The summed E-state index contributed by atoms with van der Waals surface area (Å²) in [7, 11) is 0. The molecule has 0 saturated carbocycles. The number of nitrogens with one attached hydrogen (secondary N) is 1. The van der Waals surface area contributed by atoms with E-state index in [1.165, 1.54) is 17.5 Å². The maximum atomic E-state index is 5.96. The summed E-state index contributed by atoms with van der Waals surface area (Å²) in [6.45, 7) is 5.58. The van der Waals surface area contributed by atoms with Crippen LogP contribution >= 0.6 is 11.6 Å². The second-order valence-electron chi connectivity index (χ2n) is 7.18. The number of likely N-dealkylation sites (tertiary alicyclic amines) is 1. The van der Waals surface area contributed by atoms with Crippen LogP contribution in [0.25, 0.3) is 0 Å². The predicted octanol–water partition coefficient (Wildman–Crippen LogP) is 4.86. The predicted molar refractivity (Wildman–Crippen MR) is 107 cm³/mol. The molecule has 2 aromatic rings. The van der Waals surface area contributed by atoms with Crippen LogP contribution in [0, 0.1) is 5.92 Å². The maximum Gasteiger partial charge on any atom is 0.0295 e. The maximum absolute atomic E-state index is 5.96. The Labute approximate surface area is 157 Å². The summed E-state index contributed by atoms with van der Waals surface area (Å²) in [4.78, 5) is 2.59. The molecule has 0 bridgehead atoms. The molecule has 3 atom stereocenters. The Morgan fingerprint density at radius 3 is 2.40 bits per heavy atom. The molecule has 1 saturated heterocycles. The Morgan fingerprint density at radius 2 is 1.72 bits per heavy atom. The van der Waals surface area contributed by atoms with Crippen molar-refractivity contribution in [1.29, 1.82) is 0 Å². The summed E-state index contributed by atoms with van der Waals surface area (Å²) in [5.41, 5.74) is 2.76. The molecule has 0 unspecified atom stereocenters. The first-order valence-corrected chi connectivity index (χ1v) is 9.93. The third kappa shape index (κ3) is 5.31. The van der Waals surface area contributed by atoms with Crippen LogP contribution in [0.3, 0.4) is 0 Å². The van der Waals surface area contributed by atoms with E-state index >= 15 is 0 Å². The van der Waals surface area contributed by atoms with E-state index in [1.807, 2.05) is 0 Å². The van der Waals surface area contributed by atoms with Crippen molar-refractivity contribution in [2.24, 2.45) is 5.92 Å². The van der Waals surface area contributed by atoms with E-state index in [1.54, 1.807) is 0 Å². The first-order chi connectivity index (χ1) is 12.3. The first kappa shape index (κ1) is 18.4. The monoisotopic (exact) mass is 356 g/mol. The van der Waals surface area contributed by atoms with E-state index in [-0.39, 0.29) is 0 Å². The lowest BCUT2D eigenvalue weighted by Gasteiger charge is -2.24. The quantitative estimate of drug-likeness (QED) is 0.680. The van der Waals surface area contributed by atoms with Crippen LogP contribution in [-0.4, -0.2) is 29.9 Å². The summed E-state index contributed by atoms with van der Waals surface area (Å²) < 4.78 is 0. The van der Waals surface area contributed by atoms with Gasteiger partial charge in [0.2, 0.25) is 0 Å². The fourth-order valence-corrected chi connectivity index (χ4v) is 4.07. The normalized spacial score (nSPS) is 22.2. The lowest BCUT2D eigenvalue weighted by molar-refractivity contribution is 0.311. The molecule has 134 valence electrons. The fraction of sp³-hybridized carbons (Fsp3) is 0.455. The van der Waals surface area contributed by atoms with Crippen molar-refractivity contribution in [3.05, 3.63) is 71.8 Å². The molecule has 2 aromatic carbocycles. The third-order valence-corrected chi connectivity index (χ3v) is 5.51. The molecule has 25 heavy (non-hydrogen) atoms. The third-order valence-electron chi connectivity index (χ3n) is 5.24. The van der Waals surface area contributed by atoms with Crippen molar-refractivity contribution >= 4 is 11.6 Å². The second kappa shape index (κ2) is 9.38. The summed E-state index contributed by atoms with van der Waals surface area (Å²) in [6, 6.07) is 22.4. The summed E-state index contributed by atoms with van der Waals surface area (Å²) in [5.74, 6) is 1.43. The molecule has 3 rings (SSSR count). The highest BCUT2D eigenvalue weighted by molar-refractivity contribution is 6.17. The fourth-order valence-electron chi connectivity index (χ4n) is 3.91. The average Bonchev–Trinajstić information content (AvgIpc) is 3.02. The molecule has 1 heterocycles. The zero-order valence-electron chi connectivity index (χ0n) is 15.1. The Kier molecular flexibility index (Phi) is 6.92.